The molecule has 3 heteroatoms. The average Bonchev–Trinajstić information content (AvgIpc) is 2.28. The fraction of sp³-hybridized carbons (Fsp3) is 0.385. The summed E-state index contributed by atoms with van der Waals surface area (Å²) < 4.78 is 4.91. The first-order chi connectivity index (χ1) is 7.72. The number of carbonyl (C=O) groups is 2. The first-order valence-corrected chi connectivity index (χ1v) is 5.48. The summed E-state index contributed by atoms with van der Waals surface area (Å²) in [6, 6.07) is 7.75. The Labute approximate surface area is 94.4 Å². The van der Waals surface area contributed by atoms with E-state index < -0.39 is 5.92 Å². The van der Waals surface area contributed by atoms with Gasteiger partial charge in [0, 0.05) is 6.42 Å². The lowest BCUT2D eigenvalue weighted by Crippen LogP contribution is -2.33. The summed E-state index contributed by atoms with van der Waals surface area (Å²) in [7, 11) is 0. The molecule has 0 amide bonds. The molecule has 1 aliphatic carbocycles. The SMILES string of the molecule is CCOC(=O)C1Cc2ccccc2CC1=O. The van der Waals surface area contributed by atoms with E-state index in [1.165, 1.54) is 0 Å². The highest BCUT2D eigenvalue weighted by atomic mass is 16.5. The molecule has 1 unspecified atom stereocenters. The molecule has 84 valence electrons. The van der Waals surface area contributed by atoms with Gasteiger partial charge in [-0.2, -0.15) is 0 Å². The molecule has 0 heterocycles. The van der Waals surface area contributed by atoms with Crippen LogP contribution in [0.5, 0.6) is 0 Å². The third-order valence-electron chi connectivity index (χ3n) is 2.87. The standard InChI is InChI=1S/C13H14O3/c1-2-16-13(15)11-7-9-5-3-4-6-10(9)8-12(11)14/h3-6,11H,2,7-8H2,1H3. The van der Waals surface area contributed by atoms with Crippen LogP contribution in [-0.2, 0) is 27.2 Å². The van der Waals surface area contributed by atoms with E-state index in [1.54, 1.807) is 6.92 Å². The number of hydrogen-bond acceptors (Lipinski definition) is 3. The first-order valence-electron chi connectivity index (χ1n) is 5.48. The first kappa shape index (κ1) is 10.9. The van der Waals surface area contributed by atoms with Gasteiger partial charge in [-0.05, 0) is 24.5 Å². The maximum Gasteiger partial charge on any atom is 0.316 e. The fourth-order valence-electron chi connectivity index (χ4n) is 2.03. The Morgan fingerprint density at radius 3 is 2.75 bits per heavy atom. The fourth-order valence-corrected chi connectivity index (χ4v) is 2.03. The summed E-state index contributed by atoms with van der Waals surface area (Å²) in [6.07, 6.45) is 0.827. The molecule has 1 aromatic carbocycles. The summed E-state index contributed by atoms with van der Waals surface area (Å²) in [5, 5.41) is 0. The number of esters is 1. The molecule has 0 spiro atoms. The lowest BCUT2D eigenvalue weighted by atomic mass is 9.83. The normalized spacial score (nSPS) is 19.1. The van der Waals surface area contributed by atoms with Crippen molar-refractivity contribution in [1.82, 2.24) is 0 Å². The quantitative estimate of drug-likeness (QED) is 0.558. The Balaban J connectivity index is 2.21. The predicted octanol–water partition coefficient (Wildman–Crippen LogP) is 1.53. The van der Waals surface area contributed by atoms with Crippen molar-refractivity contribution in [2.24, 2.45) is 5.92 Å². The van der Waals surface area contributed by atoms with Gasteiger partial charge in [-0.1, -0.05) is 24.3 Å². The highest BCUT2D eigenvalue weighted by Crippen LogP contribution is 2.23. The van der Waals surface area contributed by atoms with Crippen LogP contribution in [0, 0.1) is 5.92 Å². The van der Waals surface area contributed by atoms with Gasteiger partial charge in [-0.15, -0.1) is 0 Å². The van der Waals surface area contributed by atoms with Crippen molar-refractivity contribution >= 4 is 11.8 Å². The van der Waals surface area contributed by atoms with E-state index in [0.29, 0.717) is 19.4 Å². The monoisotopic (exact) mass is 218 g/mol. The Bertz CT molecular complexity index is 423. The number of rotatable bonds is 2. The highest BCUT2D eigenvalue weighted by molar-refractivity contribution is 6.01. The van der Waals surface area contributed by atoms with Gasteiger partial charge >= 0.3 is 5.97 Å². The molecule has 0 saturated carbocycles. The Kier molecular flexibility index (Phi) is 3.04. The minimum Gasteiger partial charge on any atom is -0.465 e. The molecule has 0 bridgehead atoms. The Morgan fingerprint density at radius 2 is 2.06 bits per heavy atom. The van der Waals surface area contributed by atoms with Gasteiger partial charge in [0.05, 0.1) is 6.61 Å². The number of Topliss-reactive ketones (excluding diaryl/α,β-unsaturated/α-hetero) is 1. The van der Waals surface area contributed by atoms with E-state index in [2.05, 4.69) is 0 Å². The molecule has 0 aromatic heterocycles. The second-order valence-corrected chi connectivity index (χ2v) is 3.92. The molecule has 1 atom stereocenters. The van der Waals surface area contributed by atoms with Gasteiger partial charge in [0.15, 0.2) is 5.78 Å². The topological polar surface area (TPSA) is 43.4 Å². The van der Waals surface area contributed by atoms with Crippen molar-refractivity contribution in [2.75, 3.05) is 6.61 Å². The largest absolute Gasteiger partial charge is 0.465 e. The van der Waals surface area contributed by atoms with Crippen LogP contribution >= 0.6 is 0 Å². The second-order valence-electron chi connectivity index (χ2n) is 3.92. The molecule has 0 radical (unpaired) electrons. The highest BCUT2D eigenvalue weighted by Gasteiger charge is 2.32. The molecule has 0 N–H and O–H groups in total. The van der Waals surface area contributed by atoms with Crippen molar-refractivity contribution in [3.63, 3.8) is 0 Å². The van der Waals surface area contributed by atoms with Crippen LogP contribution in [-0.4, -0.2) is 18.4 Å². The average molecular weight is 218 g/mol. The van der Waals surface area contributed by atoms with E-state index in [0.717, 1.165) is 11.1 Å². The third-order valence-corrected chi connectivity index (χ3v) is 2.87. The number of ketones is 1. The number of ether oxygens (including phenoxy) is 1. The molecular weight excluding hydrogens is 204 g/mol. The molecule has 1 aromatic rings. The Morgan fingerprint density at radius 1 is 1.38 bits per heavy atom. The number of fused-ring (bicyclic) bond motifs is 1. The van der Waals surface area contributed by atoms with Crippen LogP contribution in [0.3, 0.4) is 0 Å². The lowest BCUT2D eigenvalue weighted by Gasteiger charge is -2.21. The molecule has 0 aliphatic heterocycles. The van der Waals surface area contributed by atoms with Crippen molar-refractivity contribution < 1.29 is 14.3 Å². The van der Waals surface area contributed by atoms with Crippen molar-refractivity contribution in [1.29, 1.82) is 0 Å². The van der Waals surface area contributed by atoms with Crippen molar-refractivity contribution in [3.05, 3.63) is 35.4 Å². The van der Waals surface area contributed by atoms with E-state index >= 15 is 0 Å². The van der Waals surface area contributed by atoms with E-state index in [-0.39, 0.29) is 11.8 Å². The molecule has 0 fully saturated rings. The molecular formula is C13H14O3. The van der Waals surface area contributed by atoms with Gasteiger partial charge < -0.3 is 4.74 Å². The molecule has 16 heavy (non-hydrogen) atoms. The van der Waals surface area contributed by atoms with Crippen LogP contribution in [0.4, 0.5) is 0 Å². The molecule has 1 aliphatic rings. The summed E-state index contributed by atoms with van der Waals surface area (Å²) in [5.74, 6) is -1.02. The predicted molar refractivity (Wildman–Crippen MR) is 59.0 cm³/mol. The minimum absolute atomic E-state index is 0.0304. The zero-order valence-corrected chi connectivity index (χ0v) is 9.23. The number of carbonyl (C=O) groups excluding carboxylic acids is 2. The molecule has 2 rings (SSSR count). The smallest absolute Gasteiger partial charge is 0.316 e. The van der Waals surface area contributed by atoms with Gasteiger partial charge in [0.1, 0.15) is 5.92 Å². The summed E-state index contributed by atoms with van der Waals surface area (Å²) in [4.78, 5) is 23.3. The maximum absolute atomic E-state index is 11.8. The number of hydrogen-bond donors (Lipinski definition) is 0. The molecule has 0 saturated heterocycles. The van der Waals surface area contributed by atoms with Crippen LogP contribution in [0.1, 0.15) is 18.1 Å². The second kappa shape index (κ2) is 4.47. The summed E-state index contributed by atoms with van der Waals surface area (Å²) in [6.45, 7) is 2.07. The lowest BCUT2D eigenvalue weighted by molar-refractivity contribution is -0.151. The molecule has 3 nitrogen and oxygen atoms in total. The zero-order chi connectivity index (χ0) is 11.5. The van der Waals surface area contributed by atoms with Crippen molar-refractivity contribution in [3.8, 4) is 0 Å². The van der Waals surface area contributed by atoms with Gasteiger partial charge in [0.2, 0.25) is 0 Å². The van der Waals surface area contributed by atoms with Crippen LogP contribution < -0.4 is 0 Å². The van der Waals surface area contributed by atoms with E-state index in [4.69, 9.17) is 4.74 Å². The third kappa shape index (κ3) is 1.98. The van der Waals surface area contributed by atoms with Gasteiger partial charge in [0.25, 0.3) is 0 Å². The van der Waals surface area contributed by atoms with Crippen LogP contribution in [0.2, 0.25) is 0 Å². The maximum atomic E-state index is 11.8. The van der Waals surface area contributed by atoms with E-state index in [9.17, 15) is 9.59 Å². The number of benzene rings is 1. The summed E-state index contributed by atoms with van der Waals surface area (Å²) >= 11 is 0. The summed E-state index contributed by atoms with van der Waals surface area (Å²) in [5.41, 5.74) is 2.12. The van der Waals surface area contributed by atoms with Crippen molar-refractivity contribution in [2.45, 2.75) is 19.8 Å². The van der Waals surface area contributed by atoms with Crippen LogP contribution in [0.25, 0.3) is 0 Å². The Hall–Kier alpha value is -1.64. The zero-order valence-electron chi connectivity index (χ0n) is 9.23. The van der Waals surface area contributed by atoms with Crippen LogP contribution in [0.15, 0.2) is 24.3 Å². The van der Waals surface area contributed by atoms with Gasteiger partial charge in [-0.3, -0.25) is 9.59 Å². The minimum atomic E-state index is -0.602. The van der Waals surface area contributed by atoms with Gasteiger partial charge in [-0.25, -0.2) is 0 Å². The van der Waals surface area contributed by atoms with E-state index in [1.807, 2.05) is 24.3 Å².